The van der Waals surface area contributed by atoms with E-state index in [0.717, 1.165) is 28.1 Å². The lowest BCUT2D eigenvalue weighted by molar-refractivity contribution is 0.585. The quantitative estimate of drug-likeness (QED) is 0.527. The lowest BCUT2D eigenvalue weighted by Crippen LogP contribution is -2.32. The van der Waals surface area contributed by atoms with Crippen molar-refractivity contribution in [3.8, 4) is 17.2 Å². The van der Waals surface area contributed by atoms with Gasteiger partial charge in [0.15, 0.2) is 0 Å². The van der Waals surface area contributed by atoms with E-state index >= 15 is 0 Å². The summed E-state index contributed by atoms with van der Waals surface area (Å²) in [6.45, 7) is 7.83. The number of aromatic nitrogens is 2. The lowest BCUT2D eigenvalue weighted by Gasteiger charge is -2.22. The first kappa shape index (κ1) is 22.9. The molecule has 8 heteroatoms. The number of rotatable bonds is 6. The predicted molar refractivity (Wildman–Crippen MR) is 125 cm³/mol. The number of nitriles is 1. The van der Waals surface area contributed by atoms with Crippen LogP contribution in [0.15, 0.2) is 42.5 Å². The summed E-state index contributed by atoms with van der Waals surface area (Å²) in [7, 11) is -1.80. The van der Waals surface area contributed by atoms with Gasteiger partial charge in [-0.15, -0.1) is 0 Å². The normalized spacial score (nSPS) is 11.5. The first-order valence-corrected chi connectivity index (χ1v) is 11.7. The van der Waals surface area contributed by atoms with Crippen LogP contribution >= 0.6 is 11.6 Å². The second-order valence-corrected chi connectivity index (χ2v) is 10.7. The maximum absolute atomic E-state index is 12.4. The minimum Gasteiger partial charge on any atom is -0.273 e. The summed E-state index contributed by atoms with van der Waals surface area (Å²) in [6.07, 6.45) is 0. The van der Waals surface area contributed by atoms with Gasteiger partial charge in [0.2, 0.25) is 10.0 Å². The average molecular weight is 457 g/mol. The molecule has 0 unspecified atom stereocenters. The highest BCUT2D eigenvalue weighted by Gasteiger charge is 2.22. The molecule has 0 atom stereocenters. The number of nitrogens with zero attached hydrogens (tertiary/aromatic N) is 4. The van der Waals surface area contributed by atoms with Crippen molar-refractivity contribution in [2.75, 3.05) is 11.4 Å². The van der Waals surface area contributed by atoms with Crippen LogP contribution in [0.25, 0.3) is 11.1 Å². The van der Waals surface area contributed by atoms with Gasteiger partial charge in [0, 0.05) is 18.3 Å². The van der Waals surface area contributed by atoms with Crippen molar-refractivity contribution < 1.29 is 8.42 Å². The highest BCUT2D eigenvalue weighted by molar-refractivity contribution is 7.93. The molecule has 0 aliphatic heterocycles. The van der Waals surface area contributed by atoms with Crippen molar-refractivity contribution in [2.24, 2.45) is 0 Å². The zero-order valence-electron chi connectivity index (χ0n) is 18.2. The first-order chi connectivity index (χ1) is 14.6. The van der Waals surface area contributed by atoms with Crippen molar-refractivity contribution in [3.63, 3.8) is 0 Å². The Morgan fingerprint density at radius 2 is 1.81 bits per heavy atom. The van der Waals surface area contributed by atoms with Crippen LogP contribution in [0.4, 0.5) is 5.69 Å². The second kappa shape index (κ2) is 8.74. The van der Waals surface area contributed by atoms with Gasteiger partial charge in [-0.25, -0.2) is 8.42 Å². The van der Waals surface area contributed by atoms with Crippen LogP contribution in [0, 0.1) is 25.2 Å². The Hall–Kier alpha value is -2.82. The van der Waals surface area contributed by atoms with Crippen molar-refractivity contribution in [1.29, 1.82) is 5.26 Å². The molecule has 1 heterocycles. The van der Waals surface area contributed by atoms with E-state index in [1.54, 1.807) is 33.0 Å². The van der Waals surface area contributed by atoms with Crippen LogP contribution in [0.5, 0.6) is 0 Å². The Morgan fingerprint density at radius 1 is 1.16 bits per heavy atom. The Labute approximate surface area is 188 Å². The number of aryl methyl sites for hydroxylation is 1. The third kappa shape index (κ3) is 4.46. The van der Waals surface area contributed by atoms with E-state index in [1.165, 1.54) is 4.31 Å². The van der Waals surface area contributed by atoms with E-state index in [1.807, 2.05) is 48.9 Å². The molecule has 2 aromatic carbocycles. The zero-order valence-corrected chi connectivity index (χ0v) is 19.8. The van der Waals surface area contributed by atoms with Gasteiger partial charge >= 0.3 is 0 Å². The van der Waals surface area contributed by atoms with Crippen molar-refractivity contribution in [1.82, 2.24) is 9.78 Å². The molecule has 0 bridgehead atoms. The molecule has 6 nitrogen and oxygen atoms in total. The van der Waals surface area contributed by atoms with E-state index in [9.17, 15) is 8.42 Å². The summed E-state index contributed by atoms with van der Waals surface area (Å²) < 4.78 is 28.0. The van der Waals surface area contributed by atoms with Crippen LogP contribution in [0.3, 0.4) is 0 Å². The Kier molecular flexibility index (Phi) is 6.44. The fourth-order valence-corrected chi connectivity index (χ4v) is 4.75. The van der Waals surface area contributed by atoms with Crippen molar-refractivity contribution >= 4 is 27.3 Å². The standard InChI is InChI=1S/C23H25ClN4O2S/c1-15(2)31(29,30)27(5)21-10-6-18(7-11-21)14-28-17(4)23(16(3)26-28)19-8-9-20(13-25)22(24)12-19/h6-12,15H,14H2,1-5H3. The molecule has 0 aliphatic rings. The molecule has 31 heavy (non-hydrogen) atoms. The van der Waals surface area contributed by atoms with Gasteiger partial charge in [-0.05, 0) is 63.1 Å². The van der Waals surface area contributed by atoms with Crippen molar-refractivity contribution in [2.45, 2.75) is 39.5 Å². The SMILES string of the molecule is Cc1nn(Cc2ccc(N(C)S(=O)(=O)C(C)C)cc2)c(C)c1-c1ccc(C#N)c(Cl)c1. The molecule has 3 rings (SSSR count). The van der Waals surface area contributed by atoms with E-state index < -0.39 is 15.3 Å². The predicted octanol–water partition coefficient (Wildman–Crippen LogP) is 4.91. The van der Waals surface area contributed by atoms with Crippen LogP contribution in [-0.4, -0.2) is 30.5 Å². The number of hydrogen-bond donors (Lipinski definition) is 0. The van der Waals surface area contributed by atoms with Crippen LogP contribution in [0.2, 0.25) is 5.02 Å². The Balaban J connectivity index is 1.87. The summed E-state index contributed by atoms with van der Waals surface area (Å²) >= 11 is 6.22. The molecule has 0 fully saturated rings. The molecule has 0 saturated carbocycles. The van der Waals surface area contributed by atoms with E-state index in [-0.39, 0.29) is 0 Å². The summed E-state index contributed by atoms with van der Waals surface area (Å²) in [4.78, 5) is 0. The average Bonchev–Trinajstić information content (AvgIpc) is 3.00. The fourth-order valence-electron chi connectivity index (χ4n) is 3.48. The Morgan fingerprint density at radius 3 is 2.35 bits per heavy atom. The maximum Gasteiger partial charge on any atom is 0.237 e. The smallest absolute Gasteiger partial charge is 0.237 e. The molecule has 1 aromatic heterocycles. The summed E-state index contributed by atoms with van der Waals surface area (Å²) in [5.74, 6) is 0. The second-order valence-electron chi connectivity index (χ2n) is 7.74. The Bertz CT molecular complexity index is 1260. The van der Waals surface area contributed by atoms with Gasteiger partial charge in [-0.1, -0.05) is 29.8 Å². The van der Waals surface area contributed by atoms with Gasteiger partial charge < -0.3 is 0 Å². The van der Waals surface area contributed by atoms with Crippen LogP contribution in [0.1, 0.15) is 36.4 Å². The molecule has 0 saturated heterocycles. The molecular weight excluding hydrogens is 432 g/mol. The molecule has 0 spiro atoms. The molecule has 0 aliphatic carbocycles. The van der Waals surface area contributed by atoms with Crippen LogP contribution < -0.4 is 4.31 Å². The highest BCUT2D eigenvalue weighted by atomic mass is 35.5. The molecule has 3 aromatic rings. The van der Waals surface area contributed by atoms with Gasteiger partial charge in [-0.2, -0.15) is 10.4 Å². The first-order valence-electron chi connectivity index (χ1n) is 9.87. The van der Waals surface area contributed by atoms with Crippen molar-refractivity contribution in [3.05, 3.63) is 70.0 Å². The van der Waals surface area contributed by atoms with Gasteiger partial charge in [0.25, 0.3) is 0 Å². The lowest BCUT2D eigenvalue weighted by atomic mass is 10.0. The maximum atomic E-state index is 12.4. The number of benzene rings is 2. The van der Waals surface area contributed by atoms with E-state index in [2.05, 4.69) is 11.2 Å². The summed E-state index contributed by atoms with van der Waals surface area (Å²) in [6, 6.07) is 14.9. The monoisotopic (exact) mass is 456 g/mol. The van der Waals surface area contributed by atoms with Gasteiger partial charge in [-0.3, -0.25) is 8.99 Å². The fraction of sp³-hybridized carbons (Fsp3) is 0.304. The van der Waals surface area contributed by atoms with Gasteiger partial charge in [0.1, 0.15) is 6.07 Å². The minimum atomic E-state index is -3.37. The summed E-state index contributed by atoms with van der Waals surface area (Å²) in [5.41, 5.74) is 5.84. The zero-order chi connectivity index (χ0) is 22.9. The largest absolute Gasteiger partial charge is 0.273 e. The number of anilines is 1. The van der Waals surface area contributed by atoms with Gasteiger partial charge in [0.05, 0.1) is 33.8 Å². The minimum absolute atomic E-state index is 0.419. The molecular formula is C23H25ClN4O2S. The third-order valence-electron chi connectivity index (χ3n) is 5.37. The number of hydrogen-bond acceptors (Lipinski definition) is 4. The molecule has 0 radical (unpaired) electrons. The highest BCUT2D eigenvalue weighted by Crippen LogP contribution is 2.31. The summed E-state index contributed by atoms with van der Waals surface area (Å²) in [5, 5.41) is 13.7. The molecule has 0 N–H and O–H groups in total. The molecule has 0 amide bonds. The number of sulfonamides is 1. The molecule has 162 valence electrons. The van der Waals surface area contributed by atoms with E-state index in [4.69, 9.17) is 16.9 Å². The third-order valence-corrected chi connectivity index (χ3v) is 7.85. The van der Waals surface area contributed by atoms with Crippen LogP contribution in [-0.2, 0) is 16.6 Å². The number of halogens is 1. The van der Waals surface area contributed by atoms with E-state index in [0.29, 0.717) is 22.8 Å². The topological polar surface area (TPSA) is 79.0 Å².